The lowest BCUT2D eigenvalue weighted by Gasteiger charge is -2.01. The summed E-state index contributed by atoms with van der Waals surface area (Å²) in [6.45, 7) is 6.99. The molecule has 2 N–H and O–H groups in total. The summed E-state index contributed by atoms with van der Waals surface area (Å²) in [5, 5.41) is 1.00. The number of hydrogen-bond acceptors (Lipinski definition) is 4. The van der Waals surface area contributed by atoms with Crippen LogP contribution in [0, 0.1) is 6.92 Å². The van der Waals surface area contributed by atoms with Crippen molar-refractivity contribution in [1.29, 1.82) is 0 Å². The van der Waals surface area contributed by atoms with E-state index in [0.717, 1.165) is 27.8 Å². The zero-order chi connectivity index (χ0) is 11.7. The Morgan fingerprint density at radius 1 is 1.56 bits per heavy atom. The molecule has 0 aromatic carbocycles. The SMILES string of the molecule is CCn1cncc1-c1nc(C)c(C(C)N)s1. The van der Waals surface area contributed by atoms with E-state index in [1.165, 1.54) is 0 Å². The summed E-state index contributed by atoms with van der Waals surface area (Å²) < 4.78 is 2.09. The molecular formula is C11H16N4S. The predicted octanol–water partition coefficient (Wildman–Crippen LogP) is 2.35. The Morgan fingerprint density at radius 2 is 2.31 bits per heavy atom. The quantitative estimate of drug-likeness (QED) is 0.890. The smallest absolute Gasteiger partial charge is 0.142 e. The summed E-state index contributed by atoms with van der Waals surface area (Å²) in [4.78, 5) is 9.86. The molecule has 0 radical (unpaired) electrons. The second-order valence-corrected chi connectivity index (χ2v) is 4.85. The molecule has 86 valence electrons. The summed E-state index contributed by atoms with van der Waals surface area (Å²) >= 11 is 1.66. The lowest BCUT2D eigenvalue weighted by atomic mass is 10.2. The van der Waals surface area contributed by atoms with Crippen LogP contribution in [0.15, 0.2) is 12.5 Å². The molecule has 0 amide bonds. The third-order valence-electron chi connectivity index (χ3n) is 2.52. The normalized spacial score (nSPS) is 13.0. The van der Waals surface area contributed by atoms with Gasteiger partial charge in [-0.2, -0.15) is 0 Å². The van der Waals surface area contributed by atoms with Crippen LogP contribution < -0.4 is 5.73 Å². The molecule has 1 atom stereocenters. The minimum absolute atomic E-state index is 0.0456. The van der Waals surface area contributed by atoms with Gasteiger partial charge >= 0.3 is 0 Å². The van der Waals surface area contributed by atoms with Gasteiger partial charge in [0, 0.05) is 17.5 Å². The zero-order valence-electron chi connectivity index (χ0n) is 9.77. The van der Waals surface area contributed by atoms with E-state index in [0.29, 0.717) is 0 Å². The Balaban J connectivity index is 2.45. The Kier molecular flexibility index (Phi) is 3.07. The average molecular weight is 236 g/mol. The standard InChI is InChI=1S/C11H16N4S/c1-4-15-6-13-5-9(15)11-14-8(3)10(16-11)7(2)12/h5-7H,4,12H2,1-3H3. The van der Waals surface area contributed by atoms with Crippen molar-refractivity contribution < 1.29 is 0 Å². The first-order valence-corrected chi connectivity index (χ1v) is 6.18. The number of hydrogen-bond donors (Lipinski definition) is 1. The van der Waals surface area contributed by atoms with Crippen LogP contribution in [0.3, 0.4) is 0 Å². The summed E-state index contributed by atoms with van der Waals surface area (Å²) in [6, 6.07) is 0.0456. The number of imidazole rings is 1. The minimum atomic E-state index is 0.0456. The minimum Gasteiger partial charge on any atom is -0.329 e. The molecule has 4 nitrogen and oxygen atoms in total. The van der Waals surface area contributed by atoms with Crippen molar-refractivity contribution >= 4 is 11.3 Å². The van der Waals surface area contributed by atoms with Crippen LogP contribution in [-0.2, 0) is 6.54 Å². The van der Waals surface area contributed by atoms with Crippen molar-refractivity contribution in [2.45, 2.75) is 33.4 Å². The van der Waals surface area contributed by atoms with Gasteiger partial charge in [-0.25, -0.2) is 9.97 Å². The van der Waals surface area contributed by atoms with E-state index in [2.05, 4.69) is 21.5 Å². The van der Waals surface area contributed by atoms with E-state index in [1.54, 1.807) is 11.3 Å². The van der Waals surface area contributed by atoms with Crippen molar-refractivity contribution in [3.05, 3.63) is 23.1 Å². The molecule has 0 saturated heterocycles. The number of aryl methyl sites for hydroxylation is 2. The van der Waals surface area contributed by atoms with Crippen molar-refractivity contribution in [3.63, 3.8) is 0 Å². The molecule has 0 aliphatic heterocycles. The van der Waals surface area contributed by atoms with Crippen molar-refractivity contribution in [2.24, 2.45) is 5.73 Å². The van der Waals surface area contributed by atoms with Crippen LogP contribution >= 0.6 is 11.3 Å². The van der Waals surface area contributed by atoms with Gasteiger partial charge in [0.2, 0.25) is 0 Å². The number of nitrogens with two attached hydrogens (primary N) is 1. The second-order valence-electron chi connectivity index (χ2n) is 3.82. The predicted molar refractivity (Wildman–Crippen MR) is 66.3 cm³/mol. The van der Waals surface area contributed by atoms with Gasteiger partial charge in [0.1, 0.15) is 5.01 Å². The summed E-state index contributed by atoms with van der Waals surface area (Å²) in [6.07, 6.45) is 3.68. The topological polar surface area (TPSA) is 56.7 Å². The Labute approximate surface area is 99.2 Å². The fourth-order valence-corrected chi connectivity index (χ4v) is 2.74. The molecule has 0 fully saturated rings. The number of aromatic nitrogens is 3. The second kappa shape index (κ2) is 4.35. The van der Waals surface area contributed by atoms with Gasteiger partial charge in [0.05, 0.1) is 23.9 Å². The lowest BCUT2D eigenvalue weighted by Crippen LogP contribution is -2.03. The van der Waals surface area contributed by atoms with Gasteiger partial charge in [-0.05, 0) is 20.8 Å². The highest BCUT2D eigenvalue weighted by molar-refractivity contribution is 7.15. The van der Waals surface area contributed by atoms with E-state index < -0.39 is 0 Å². The lowest BCUT2D eigenvalue weighted by molar-refractivity contribution is 0.768. The highest BCUT2D eigenvalue weighted by Crippen LogP contribution is 2.30. The number of rotatable bonds is 3. The molecule has 2 aromatic heterocycles. The fourth-order valence-electron chi connectivity index (χ4n) is 1.69. The van der Waals surface area contributed by atoms with Gasteiger partial charge < -0.3 is 10.3 Å². The summed E-state index contributed by atoms with van der Waals surface area (Å²) in [5.41, 5.74) is 8.00. The molecule has 0 bridgehead atoms. The molecular weight excluding hydrogens is 220 g/mol. The molecule has 0 aliphatic carbocycles. The molecule has 0 spiro atoms. The number of nitrogens with zero attached hydrogens (tertiary/aromatic N) is 3. The Morgan fingerprint density at radius 3 is 2.88 bits per heavy atom. The van der Waals surface area contributed by atoms with Crippen molar-refractivity contribution in [3.8, 4) is 10.7 Å². The van der Waals surface area contributed by atoms with Crippen LogP contribution in [-0.4, -0.2) is 14.5 Å². The first-order chi connectivity index (χ1) is 7.63. The highest BCUT2D eigenvalue weighted by atomic mass is 32.1. The van der Waals surface area contributed by atoms with Gasteiger partial charge in [0.15, 0.2) is 0 Å². The highest BCUT2D eigenvalue weighted by Gasteiger charge is 2.14. The molecule has 16 heavy (non-hydrogen) atoms. The summed E-state index contributed by atoms with van der Waals surface area (Å²) in [7, 11) is 0. The van der Waals surface area contributed by atoms with Crippen LogP contribution in [0.5, 0.6) is 0 Å². The third-order valence-corrected chi connectivity index (χ3v) is 3.90. The molecule has 2 aromatic rings. The molecule has 2 heterocycles. The average Bonchev–Trinajstić information content (AvgIpc) is 2.82. The van der Waals surface area contributed by atoms with Gasteiger partial charge in [-0.1, -0.05) is 0 Å². The first kappa shape index (κ1) is 11.3. The largest absolute Gasteiger partial charge is 0.329 e. The van der Waals surface area contributed by atoms with Gasteiger partial charge in [0.25, 0.3) is 0 Å². The fraction of sp³-hybridized carbons (Fsp3) is 0.455. The maximum Gasteiger partial charge on any atom is 0.142 e. The third kappa shape index (κ3) is 1.88. The first-order valence-electron chi connectivity index (χ1n) is 5.37. The Hall–Kier alpha value is -1.20. The molecule has 5 heteroatoms. The van der Waals surface area contributed by atoms with Gasteiger partial charge in [-0.3, -0.25) is 0 Å². The monoisotopic (exact) mass is 236 g/mol. The van der Waals surface area contributed by atoms with E-state index in [-0.39, 0.29) is 6.04 Å². The van der Waals surface area contributed by atoms with E-state index in [9.17, 15) is 0 Å². The molecule has 0 aliphatic rings. The maximum atomic E-state index is 5.90. The summed E-state index contributed by atoms with van der Waals surface area (Å²) in [5.74, 6) is 0. The molecule has 0 saturated carbocycles. The van der Waals surface area contributed by atoms with Gasteiger partial charge in [-0.15, -0.1) is 11.3 Å². The Bertz CT molecular complexity index is 484. The van der Waals surface area contributed by atoms with Crippen LogP contribution in [0.25, 0.3) is 10.7 Å². The van der Waals surface area contributed by atoms with Crippen molar-refractivity contribution in [1.82, 2.24) is 14.5 Å². The van der Waals surface area contributed by atoms with Crippen LogP contribution in [0.2, 0.25) is 0 Å². The van der Waals surface area contributed by atoms with Crippen LogP contribution in [0.4, 0.5) is 0 Å². The molecule has 1 unspecified atom stereocenters. The zero-order valence-corrected chi connectivity index (χ0v) is 10.6. The van der Waals surface area contributed by atoms with E-state index >= 15 is 0 Å². The molecule has 2 rings (SSSR count). The van der Waals surface area contributed by atoms with Crippen molar-refractivity contribution in [2.75, 3.05) is 0 Å². The maximum absolute atomic E-state index is 5.90. The number of thiazole rings is 1. The van der Waals surface area contributed by atoms with Crippen LogP contribution in [0.1, 0.15) is 30.5 Å². The van der Waals surface area contributed by atoms with E-state index in [1.807, 2.05) is 26.4 Å². The van der Waals surface area contributed by atoms with E-state index in [4.69, 9.17) is 5.73 Å².